The van der Waals surface area contributed by atoms with Gasteiger partial charge in [-0.3, -0.25) is 0 Å². The molecule has 2 rings (SSSR count). The molecule has 2 aromatic rings. The Kier molecular flexibility index (Phi) is 3.73. The second kappa shape index (κ2) is 5.12. The first-order chi connectivity index (χ1) is 8.47. The molecule has 0 amide bonds. The van der Waals surface area contributed by atoms with Gasteiger partial charge in [-0.05, 0) is 46.5 Å². The Hall–Kier alpha value is -1.33. The third-order valence-electron chi connectivity index (χ3n) is 2.71. The summed E-state index contributed by atoms with van der Waals surface area (Å²) >= 11 is 1.56. The van der Waals surface area contributed by atoms with Crippen molar-refractivity contribution in [2.75, 3.05) is 0 Å². The maximum atomic E-state index is 12.4. The average molecular weight is 271 g/mol. The lowest BCUT2D eigenvalue weighted by molar-refractivity contribution is -0.137. The van der Waals surface area contributed by atoms with Crippen molar-refractivity contribution in [3.05, 3.63) is 57.8 Å². The largest absolute Gasteiger partial charge is 0.416 e. The molecule has 1 aromatic carbocycles. The minimum Gasteiger partial charge on any atom is -0.324 e. The fourth-order valence-corrected chi connectivity index (χ4v) is 2.41. The number of thiophene rings is 1. The van der Waals surface area contributed by atoms with Gasteiger partial charge in [-0.1, -0.05) is 12.1 Å². The predicted octanol–water partition coefficient (Wildman–Crippen LogP) is 4.01. The second-order valence-corrected chi connectivity index (χ2v) is 4.84. The molecule has 0 spiro atoms. The van der Waals surface area contributed by atoms with E-state index < -0.39 is 11.7 Å². The van der Waals surface area contributed by atoms with Crippen LogP contribution in [0.5, 0.6) is 0 Å². The third-order valence-corrected chi connectivity index (χ3v) is 3.41. The Labute approximate surface area is 107 Å². The Morgan fingerprint density at radius 3 is 2.28 bits per heavy atom. The molecular weight excluding hydrogens is 259 g/mol. The summed E-state index contributed by atoms with van der Waals surface area (Å²) < 4.78 is 37.1. The van der Waals surface area contributed by atoms with Crippen LogP contribution in [0.1, 0.15) is 22.7 Å². The number of halogens is 3. The molecule has 96 valence electrons. The third kappa shape index (κ3) is 3.11. The fraction of sp³-hybridized carbons (Fsp3) is 0.231. The number of benzene rings is 1. The fourth-order valence-electron chi connectivity index (χ4n) is 1.69. The van der Waals surface area contributed by atoms with E-state index in [0.29, 0.717) is 6.42 Å². The van der Waals surface area contributed by atoms with E-state index in [9.17, 15) is 13.2 Å². The normalized spacial score (nSPS) is 13.6. The standard InChI is InChI=1S/C13H12F3NS/c14-13(15,16)11-3-1-9(2-4-11)7-12(17)10-5-6-18-8-10/h1-6,8,12H,7,17H2. The first-order valence-corrected chi connectivity index (χ1v) is 6.35. The van der Waals surface area contributed by atoms with Crippen LogP contribution in [0, 0.1) is 0 Å². The van der Waals surface area contributed by atoms with E-state index >= 15 is 0 Å². The Morgan fingerprint density at radius 1 is 1.11 bits per heavy atom. The van der Waals surface area contributed by atoms with Gasteiger partial charge < -0.3 is 5.73 Å². The van der Waals surface area contributed by atoms with Gasteiger partial charge >= 0.3 is 6.18 Å². The molecule has 0 fully saturated rings. The van der Waals surface area contributed by atoms with Crippen molar-refractivity contribution in [3.8, 4) is 0 Å². The summed E-state index contributed by atoms with van der Waals surface area (Å²) in [6.45, 7) is 0. The van der Waals surface area contributed by atoms with Gasteiger partial charge in [0.25, 0.3) is 0 Å². The molecule has 0 aliphatic heterocycles. The summed E-state index contributed by atoms with van der Waals surface area (Å²) in [5.74, 6) is 0. The molecule has 0 saturated carbocycles. The molecule has 1 atom stereocenters. The molecule has 2 N–H and O–H groups in total. The van der Waals surface area contributed by atoms with Crippen LogP contribution in [-0.2, 0) is 12.6 Å². The summed E-state index contributed by atoms with van der Waals surface area (Å²) in [6.07, 6.45) is -3.75. The van der Waals surface area contributed by atoms with E-state index in [-0.39, 0.29) is 6.04 Å². The van der Waals surface area contributed by atoms with Crippen molar-refractivity contribution in [2.24, 2.45) is 5.73 Å². The van der Waals surface area contributed by atoms with Gasteiger partial charge in [0.05, 0.1) is 5.56 Å². The lowest BCUT2D eigenvalue weighted by Crippen LogP contribution is -2.12. The molecule has 0 bridgehead atoms. The topological polar surface area (TPSA) is 26.0 Å². The van der Waals surface area contributed by atoms with Gasteiger partial charge in [0.1, 0.15) is 0 Å². The summed E-state index contributed by atoms with van der Waals surface area (Å²) in [5, 5.41) is 3.89. The van der Waals surface area contributed by atoms with E-state index in [4.69, 9.17) is 5.73 Å². The van der Waals surface area contributed by atoms with E-state index in [2.05, 4.69) is 0 Å². The number of alkyl halides is 3. The molecule has 0 saturated heterocycles. The van der Waals surface area contributed by atoms with E-state index in [1.807, 2.05) is 16.8 Å². The highest BCUT2D eigenvalue weighted by Crippen LogP contribution is 2.29. The van der Waals surface area contributed by atoms with Gasteiger partial charge in [-0.25, -0.2) is 0 Å². The van der Waals surface area contributed by atoms with Crippen molar-refractivity contribution in [1.82, 2.24) is 0 Å². The molecular formula is C13H12F3NS. The Morgan fingerprint density at radius 2 is 1.78 bits per heavy atom. The minimum absolute atomic E-state index is 0.173. The van der Waals surface area contributed by atoms with E-state index in [1.54, 1.807) is 11.3 Å². The average Bonchev–Trinajstić information content (AvgIpc) is 2.82. The van der Waals surface area contributed by atoms with Crippen LogP contribution in [0.4, 0.5) is 13.2 Å². The molecule has 0 radical (unpaired) electrons. The van der Waals surface area contributed by atoms with Gasteiger partial charge in [0.15, 0.2) is 0 Å². The minimum atomic E-state index is -4.28. The van der Waals surface area contributed by atoms with Crippen molar-refractivity contribution in [2.45, 2.75) is 18.6 Å². The summed E-state index contributed by atoms with van der Waals surface area (Å²) in [4.78, 5) is 0. The SMILES string of the molecule is NC(Cc1ccc(C(F)(F)F)cc1)c1ccsc1. The molecule has 1 aromatic heterocycles. The molecule has 0 aliphatic rings. The lowest BCUT2D eigenvalue weighted by atomic mass is 10.0. The Bertz CT molecular complexity index is 488. The Balaban J connectivity index is 2.07. The second-order valence-electron chi connectivity index (χ2n) is 4.06. The molecule has 1 heterocycles. The smallest absolute Gasteiger partial charge is 0.324 e. The zero-order valence-electron chi connectivity index (χ0n) is 9.45. The first kappa shape index (κ1) is 13.1. The van der Waals surface area contributed by atoms with Crippen molar-refractivity contribution in [1.29, 1.82) is 0 Å². The van der Waals surface area contributed by atoms with Crippen LogP contribution in [0.2, 0.25) is 0 Å². The zero-order valence-corrected chi connectivity index (χ0v) is 10.3. The van der Waals surface area contributed by atoms with Crippen LogP contribution in [-0.4, -0.2) is 0 Å². The molecule has 0 aliphatic carbocycles. The number of hydrogen-bond acceptors (Lipinski definition) is 2. The monoisotopic (exact) mass is 271 g/mol. The van der Waals surface area contributed by atoms with Crippen molar-refractivity contribution in [3.63, 3.8) is 0 Å². The molecule has 18 heavy (non-hydrogen) atoms. The van der Waals surface area contributed by atoms with Gasteiger partial charge in [0, 0.05) is 6.04 Å². The first-order valence-electron chi connectivity index (χ1n) is 5.40. The van der Waals surface area contributed by atoms with E-state index in [1.165, 1.54) is 12.1 Å². The highest BCUT2D eigenvalue weighted by molar-refractivity contribution is 7.07. The van der Waals surface area contributed by atoms with Crippen LogP contribution in [0.15, 0.2) is 41.1 Å². The summed E-state index contributed by atoms with van der Waals surface area (Å²) in [7, 11) is 0. The molecule has 5 heteroatoms. The number of hydrogen-bond donors (Lipinski definition) is 1. The highest BCUT2D eigenvalue weighted by atomic mass is 32.1. The number of nitrogens with two attached hydrogens (primary N) is 1. The van der Waals surface area contributed by atoms with Crippen molar-refractivity contribution < 1.29 is 13.2 Å². The highest BCUT2D eigenvalue weighted by Gasteiger charge is 2.29. The maximum Gasteiger partial charge on any atom is 0.416 e. The van der Waals surface area contributed by atoms with Gasteiger partial charge in [0.2, 0.25) is 0 Å². The lowest BCUT2D eigenvalue weighted by Gasteiger charge is -2.11. The van der Waals surface area contributed by atoms with Gasteiger partial charge in [-0.2, -0.15) is 24.5 Å². The quantitative estimate of drug-likeness (QED) is 0.896. The summed E-state index contributed by atoms with van der Waals surface area (Å²) in [6, 6.07) is 6.91. The predicted molar refractivity (Wildman–Crippen MR) is 66.4 cm³/mol. The molecule has 1 unspecified atom stereocenters. The van der Waals surface area contributed by atoms with Crippen LogP contribution in [0.25, 0.3) is 0 Å². The zero-order chi connectivity index (χ0) is 13.2. The van der Waals surface area contributed by atoms with Gasteiger partial charge in [-0.15, -0.1) is 0 Å². The van der Waals surface area contributed by atoms with E-state index in [0.717, 1.165) is 23.3 Å². The van der Waals surface area contributed by atoms with Crippen LogP contribution >= 0.6 is 11.3 Å². The maximum absolute atomic E-state index is 12.4. The van der Waals surface area contributed by atoms with Crippen LogP contribution < -0.4 is 5.73 Å². The van der Waals surface area contributed by atoms with Crippen molar-refractivity contribution >= 4 is 11.3 Å². The molecule has 1 nitrogen and oxygen atoms in total. The summed E-state index contributed by atoms with van der Waals surface area (Å²) in [5.41, 5.74) is 7.17. The van der Waals surface area contributed by atoms with Crippen LogP contribution in [0.3, 0.4) is 0 Å². The number of rotatable bonds is 3.